The highest BCUT2D eigenvalue weighted by Crippen LogP contribution is 2.28. The predicted molar refractivity (Wildman–Crippen MR) is 59.6 cm³/mol. The molecule has 0 radical (unpaired) electrons. The van der Waals surface area contributed by atoms with E-state index in [1.165, 1.54) is 7.11 Å². The number of rotatable bonds is 5. The summed E-state index contributed by atoms with van der Waals surface area (Å²) < 4.78 is 33.7. The molecule has 1 rings (SSSR count). The summed E-state index contributed by atoms with van der Waals surface area (Å²) in [7, 11) is 1.45. The Morgan fingerprint density at radius 3 is 2.50 bits per heavy atom. The fourth-order valence-corrected chi connectivity index (χ4v) is 1.11. The topological polar surface area (TPSA) is 44.5 Å². The summed E-state index contributed by atoms with van der Waals surface area (Å²) >= 11 is 0. The molecule has 16 heavy (non-hydrogen) atoms. The molecular formula is C10H14ClF2NO2. The molecule has 6 heteroatoms. The van der Waals surface area contributed by atoms with E-state index in [1.54, 1.807) is 18.2 Å². The number of hydrogen-bond donors (Lipinski definition) is 1. The molecule has 3 nitrogen and oxygen atoms in total. The maximum atomic E-state index is 11.9. The molecule has 0 unspecified atom stereocenters. The largest absolute Gasteiger partial charge is 0.493 e. The van der Waals surface area contributed by atoms with Crippen molar-refractivity contribution in [1.29, 1.82) is 0 Å². The zero-order chi connectivity index (χ0) is 11.3. The smallest absolute Gasteiger partial charge is 0.272 e. The lowest BCUT2D eigenvalue weighted by Gasteiger charge is -2.11. The second kappa shape index (κ2) is 7.24. The van der Waals surface area contributed by atoms with Gasteiger partial charge in [-0.1, -0.05) is 6.07 Å². The number of alkyl halides is 2. The minimum absolute atomic E-state index is 0. The maximum Gasteiger partial charge on any atom is 0.272 e. The minimum Gasteiger partial charge on any atom is -0.493 e. The Morgan fingerprint density at radius 2 is 2.00 bits per heavy atom. The van der Waals surface area contributed by atoms with Crippen molar-refractivity contribution in [2.75, 3.05) is 13.7 Å². The average molecular weight is 254 g/mol. The molecule has 92 valence electrons. The Bertz CT molecular complexity index is 324. The number of benzene rings is 1. The monoisotopic (exact) mass is 253 g/mol. The number of hydrogen-bond acceptors (Lipinski definition) is 3. The van der Waals surface area contributed by atoms with Gasteiger partial charge in [0.15, 0.2) is 11.5 Å². The van der Waals surface area contributed by atoms with Crippen LogP contribution in [0.25, 0.3) is 0 Å². The van der Waals surface area contributed by atoms with E-state index in [1.807, 2.05) is 0 Å². The van der Waals surface area contributed by atoms with Crippen molar-refractivity contribution in [3.8, 4) is 11.5 Å². The number of ether oxygens (including phenoxy) is 2. The molecule has 1 aromatic rings. The summed E-state index contributed by atoms with van der Waals surface area (Å²) in [6.07, 6.45) is -2.50. The van der Waals surface area contributed by atoms with Crippen LogP contribution < -0.4 is 15.2 Å². The SMILES string of the molecule is COc1cc(CN)ccc1OCC(F)F.Cl. The lowest BCUT2D eigenvalue weighted by atomic mass is 10.2. The van der Waals surface area contributed by atoms with Crippen LogP contribution in [0.1, 0.15) is 5.56 Å². The van der Waals surface area contributed by atoms with E-state index >= 15 is 0 Å². The van der Waals surface area contributed by atoms with Crippen LogP contribution in [-0.2, 0) is 6.54 Å². The quantitative estimate of drug-likeness (QED) is 0.875. The van der Waals surface area contributed by atoms with E-state index in [0.717, 1.165) is 5.56 Å². The van der Waals surface area contributed by atoms with E-state index < -0.39 is 13.0 Å². The molecule has 0 saturated carbocycles. The first-order valence-corrected chi connectivity index (χ1v) is 4.45. The molecule has 0 atom stereocenters. The lowest BCUT2D eigenvalue weighted by molar-refractivity contribution is 0.0804. The van der Waals surface area contributed by atoms with Gasteiger partial charge in [-0.2, -0.15) is 0 Å². The van der Waals surface area contributed by atoms with Gasteiger partial charge in [-0.15, -0.1) is 12.4 Å². The predicted octanol–water partition coefficient (Wildman–Crippen LogP) is 2.22. The summed E-state index contributed by atoms with van der Waals surface area (Å²) in [6, 6.07) is 4.95. The van der Waals surface area contributed by atoms with Gasteiger partial charge in [-0.25, -0.2) is 8.78 Å². The zero-order valence-electron chi connectivity index (χ0n) is 8.78. The Balaban J connectivity index is 0.00000225. The third kappa shape index (κ3) is 4.20. The van der Waals surface area contributed by atoms with Gasteiger partial charge in [0.05, 0.1) is 7.11 Å². The van der Waals surface area contributed by atoms with Crippen molar-refractivity contribution in [2.24, 2.45) is 5.73 Å². The third-order valence-electron chi connectivity index (χ3n) is 1.83. The van der Waals surface area contributed by atoms with Crippen LogP contribution in [0, 0.1) is 0 Å². The molecule has 0 aromatic heterocycles. The van der Waals surface area contributed by atoms with Crippen molar-refractivity contribution in [3.05, 3.63) is 23.8 Å². The summed E-state index contributed by atoms with van der Waals surface area (Å²) in [6.45, 7) is -0.274. The van der Waals surface area contributed by atoms with Crippen LogP contribution in [-0.4, -0.2) is 20.1 Å². The Labute approximate surface area is 98.9 Å². The first kappa shape index (κ1) is 14.9. The van der Waals surface area contributed by atoms with Gasteiger partial charge < -0.3 is 15.2 Å². The second-order valence-electron chi connectivity index (χ2n) is 2.89. The Kier molecular flexibility index (Phi) is 6.76. The Hall–Kier alpha value is -1.07. The van der Waals surface area contributed by atoms with E-state index in [-0.39, 0.29) is 12.4 Å². The highest BCUT2D eigenvalue weighted by atomic mass is 35.5. The van der Waals surface area contributed by atoms with Crippen LogP contribution in [0.5, 0.6) is 11.5 Å². The van der Waals surface area contributed by atoms with Crippen LogP contribution in [0.3, 0.4) is 0 Å². The summed E-state index contributed by atoms with van der Waals surface area (Å²) in [5, 5.41) is 0. The van der Waals surface area contributed by atoms with Gasteiger partial charge in [0.25, 0.3) is 6.43 Å². The van der Waals surface area contributed by atoms with Crippen molar-refractivity contribution >= 4 is 12.4 Å². The van der Waals surface area contributed by atoms with Gasteiger partial charge in [0, 0.05) is 6.54 Å². The molecule has 0 fully saturated rings. The summed E-state index contributed by atoms with van der Waals surface area (Å²) in [5.41, 5.74) is 6.29. The molecular weight excluding hydrogens is 240 g/mol. The standard InChI is InChI=1S/C10H13F2NO2.ClH/c1-14-9-4-7(5-13)2-3-8(9)15-6-10(11)12;/h2-4,10H,5-6,13H2,1H3;1H. The highest BCUT2D eigenvalue weighted by molar-refractivity contribution is 5.85. The molecule has 1 aromatic carbocycles. The van der Waals surface area contributed by atoms with Gasteiger partial charge >= 0.3 is 0 Å². The second-order valence-corrected chi connectivity index (χ2v) is 2.89. The highest BCUT2D eigenvalue weighted by Gasteiger charge is 2.08. The van der Waals surface area contributed by atoms with Crippen LogP contribution in [0.4, 0.5) is 8.78 Å². The zero-order valence-corrected chi connectivity index (χ0v) is 9.60. The number of nitrogens with two attached hydrogens (primary N) is 1. The van der Waals surface area contributed by atoms with E-state index in [9.17, 15) is 8.78 Å². The molecule has 0 amide bonds. The summed E-state index contributed by atoms with van der Waals surface area (Å²) in [4.78, 5) is 0. The van der Waals surface area contributed by atoms with Gasteiger partial charge in [0.2, 0.25) is 0 Å². The minimum atomic E-state index is -2.50. The molecule has 0 aliphatic heterocycles. The number of methoxy groups -OCH3 is 1. The molecule has 0 saturated heterocycles. The Morgan fingerprint density at radius 1 is 1.31 bits per heavy atom. The van der Waals surface area contributed by atoms with Gasteiger partial charge in [-0.3, -0.25) is 0 Å². The van der Waals surface area contributed by atoms with Crippen molar-refractivity contribution < 1.29 is 18.3 Å². The first-order valence-electron chi connectivity index (χ1n) is 4.45. The van der Waals surface area contributed by atoms with Crippen molar-refractivity contribution in [1.82, 2.24) is 0 Å². The maximum absolute atomic E-state index is 11.9. The number of halogens is 3. The van der Waals surface area contributed by atoms with Crippen molar-refractivity contribution in [3.63, 3.8) is 0 Å². The third-order valence-corrected chi connectivity index (χ3v) is 1.83. The van der Waals surface area contributed by atoms with Gasteiger partial charge in [-0.05, 0) is 17.7 Å². The van der Waals surface area contributed by atoms with Crippen LogP contribution >= 0.6 is 12.4 Å². The first-order chi connectivity index (χ1) is 7.17. The molecule has 2 N–H and O–H groups in total. The lowest BCUT2D eigenvalue weighted by Crippen LogP contribution is -2.08. The van der Waals surface area contributed by atoms with E-state index in [0.29, 0.717) is 18.0 Å². The van der Waals surface area contributed by atoms with E-state index in [2.05, 4.69) is 0 Å². The molecule has 0 aliphatic carbocycles. The molecule has 0 aliphatic rings. The van der Waals surface area contributed by atoms with Crippen LogP contribution in [0.15, 0.2) is 18.2 Å². The molecule has 0 heterocycles. The van der Waals surface area contributed by atoms with Crippen molar-refractivity contribution in [2.45, 2.75) is 13.0 Å². The fraction of sp³-hybridized carbons (Fsp3) is 0.400. The average Bonchev–Trinajstić information content (AvgIpc) is 2.25. The van der Waals surface area contributed by atoms with E-state index in [4.69, 9.17) is 15.2 Å². The van der Waals surface area contributed by atoms with Crippen LogP contribution in [0.2, 0.25) is 0 Å². The summed E-state index contributed by atoms with van der Waals surface area (Å²) in [5.74, 6) is 0.716. The molecule has 0 bridgehead atoms. The van der Waals surface area contributed by atoms with Gasteiger partial charge in [0.1, 0.15) is 6.61 Å². The normalized spacial score (nSPS) is 9.81. The molecule has 0 spiro atoms. The fourth-order valence-electron chi connectivity index (χ4n) is 1.11.